The van der Waals surface area contributed by atoms with Crippen LogP contribution in [0.2, 0.25) is 0 Å². The van der Waals surface area contributed by atoms with Crippen LogP contribution in [0.25, 0.3) is 155 Å². The van der Waals surface area contributed by atoms with Gasteiger partial charge in [0.2, 0.25) is 0 Å². The average molecular weight is 1430 g/mol. The van der Waals surface area contributed by atoms with Crippen molar-refractivity contribution in [2.75, 3.05) is 9.80 Å². The summed E-state index contributed by atoms with van der Waals surface area (Å²) in [6.07, 6.45) is 0. The smallest absolute Gasteiger partial charge is 0.135 e. The zero-order valence-electron chi connectivity index (χ0n) is 62.4. The van der Waals surface area contributed by atoms with Crippen LogP contribution in [0.4, 0.5) is 34.1 Å². The highest BCUT2D eigenvalue weighted by atomic mass is 16.3. The highest BCUT2D eigenvalue weighted by molar-refractivity contribution is 6.10. The fourth-order valence-electron chi connectivity index (χ4n) is 18.8. The molecule has 0 radical (unpaired) electrons. The Hall–Kier alpha value is -13.7. The molecule has 0 N–H and O–H groups in total. The van der Waals surface area contributed by atoms with E-state index in [0.717, 1.165) is 122 Å². The first-order valence-corrected chi connectivity index (χ1v) is 38.5. The molecule has 6 nitrogen and oxygen atoms in total. The molecular formula is C105H74N2O4. The summed E-state index contributed by atoms with van der Waals surface area (Å²) in [5.41, 5.74) is 36.6. The lowest BCUT2D eigenvalue weighted by Gasteiger charge is -2.30. The Morgan fingerprint density at radius 3 is 0.820 bits per heavy atom. The lowest BCUT2D eigenvalue weighted by Crippen LogP contribution is -2.18. The molecule has 3 aliphatic carbocycles. The standard InChI is InChI=1S/C54H39NO2.C51H35NO2/c1-53(2)45-14-8-5-11-37(45)39-23-19-35(30-47(39)53)55(34-21-26-52-44(29-34)42-13-7-10-16-50(42)57-52)36-20-24-40-38-22-17-33(28-46(38)54(3,4)48(40)31-36)32-18-25-51-43(27-32)41-12-6-9-15-49(41)56-51;1-51(2)45-12-6-3-9-39(45)40-26-24-38(31-46(40)51)52(37-25-28-50-44(30-37)42-11-5-8-14-48(42)54-50)36-22-19-33(20-23-36)32-15-17-34(18-16-32)35-21-27-49-43(29-35)41-10-4-7-13-47(41)53-49/h5-31H,1-4H3;3-31H,1-2H3. The predicted octanol–water partition coefficient (Wildman–Crippen LogP) is 29.8. The molecule has 0 aliphatic heterocycles. The summed E-state index contributed by atoms with van der Waals surface area (Å²) in [7, 11) is 0. The van der Waals surface area contributed by atoms with Gasteiger partial charge in [0, 0.05) is 93.5 Å². The predicted molar refractivity (Wildman–Crippen MR) is 460 cm³/mol. The van der Waals surface area contributed by atoms with E-state index in [-0.39, 0.29) is 16.2 Å². The number of rotatable bonds is 9. The van der Waals surface area contributed by atoms with E-state index in [1.54, 1.807) is 0 Å². The van der Waals surface area contributed by atoms with Gasteiger partial charge in [-0.05, 0) is 240 Å². The zero-order valence-corrected chi connectivity index (χ0v) is 62.4. The van der Waals surface area contributed by atoms with E-state index in [9.17, 15) is 0 Å². The second kappa shape index (κ2) is 24.2. The van der Waals surface area contributed by atoms with Crippen molar-refractivity contribution in [2.24, 2.45) is 0 Å². The number of hydrogen-bond acceptors (Lipinski definition) is 6. The van der Waals surface area contributed by atoms with E-state index in [2.05, 4.69) is 349 Å². The van der Waals surface area contributed by atoms with E-state index in [1.807, 2.05) is 42.5 Å². The first kappa shape index (κ1) is 64.5. The van der Waals surface area contributed by atoms with Crippen molar-refractivity contribution in [3.63, 3.8) is 0 Å². The molecule has 0 unspecified atom stereocenters. The Balaban J connectivity index is 0.000000137. The molecule has 4 heterocycles. The topological polar surface area (TPSA) is 59.0 Å². The number of hydrogen-bond donors (Lipinski definition) is 0. The fourth-order valence-corrected chi connectivity index (χ4v) is 18.8. The maximum absolute atomic E-state index is 6.30. The quantitative estimate of drug-likeness (QED) is 0.144. The van der Waals surface area contributed by atoms with Crippen LogP contribution in [0, 0.1) is 0 Å². The first-order valence-electron chi connectivity index (χ1n) is 38.5. The Kier molecular flexibility index (Phi) is 14.0. The third-order valence-electron chi connectivity index (χ3n) is 24.6. The third-order valence-corrected chi connectivity index (χ3v) is 24.6. The van der Waals surface area contributed by atoms with Crippen LogP contribution >= 0.6 is 0 Å². The molecule has 6 heteroatoms. The summed E-state index contributed by atoms with van der Waals surface area (Å²) >= 11 is 0. The summed E-state index contributed by atoms with van der Waals surface area (Å²) in [4.78, 5) is 4.82. The van der Waals surface area contributed by atoms with E-state index in [0.29, 0.717) is 0 Å². The normalized spacial score (nSPS) is 13.9. The minimum Gasteiger partial charge on any atom is -0.456 e. The maximum atomic E-state index is 6.30. The molecular weight excluding hydrogens is 1350 g/mol. The molecule has 4 aromatic heterocycles. The monoisotopic (exact) mass is 1430 g/mol. The van der Waals surface area contributed by atoms with Crippen molar-refractivity contribution >= 4 is 122 Å². The van der Waals surface area contributed by atoms with Crippen molar-refractivity contribution in [3.05, 3.63) is 373 Å². The molecule has 0 amide bonds. The van der Waals surface area contributed by atoms with Crippen LogP contribution < -0.4 is 9.80 Å². The Bertz CT molecular complexity index is 7260. The van der Waals surface area contributed by atoms with Gasteiger partial charge in [0.15, 0.2) is 0 Å². The largest absolute Gasteiger partial charge is 0.456 e. The van der Waals surface area contributed by atoms with Crippen LogP contribution in [0.1, 0.15) is 74.9 Å². The van der Waals surface area contributed by atoms with Crippen molar-refractivity contribution < 1.29 is 17.7 Å². The molecule has 528 valence electrons. The van der Waals surface area contributed by atoms with Crippen LogP contribution in [0.15, 0.2) is 357 Å². The molecule has 0 bridgehead atoms. The Morgan fingerprint density at radius 2 is 0.405 bits per heavy atom. The number of furan rings is 4. The van der Waals surface area contributed by atoms with Crippen LogP contribution in [0.5, 0.6) is 0 Å². The van der Waals surface area contributed by atoms with Crippen LogP contribution in [-0.4, -0.2) is 0 Å². The molecule has 0 saturated carbocycles. The third kappa shape index (κ3) is 10.0. The lowest BCUT2D eigenvalue weighted by molar-refractivity contribution is 0.660. The second-order valence-corrected chi connectivity index (χ2v) is 31.9. The van der Waals surface area contributed by atoms with Gasteiger partial charge < -0.3 is 27.5 Å². The number of fused-ring (bicyclic) bond motifs is 21. The molecule has 111 heavy (non-hydrogen) atoms. The summed E-state index contributed by atoms with van der Waals surface area (Å²) in [6.45, 7) is 14.1. The summed E-state index contributed by atoms with van der Waals surface area (Å²) in [6, 6.07) is 123. The molecule has 0 spiro atoms. The lowest BCUT2D eigenvalue weighted by atomic mass is 9.81. The van der Waals surface area contributed by atoms with Gasteiger partial charge in [-0.3, -0.25) is 0 Å². The fraction of sp³-hybridized carbons (Fsp3) is 0.0857. The van der Waals surface area contributed by atoms with Gasteiger partial charge in [-0.2, -0.15) is 0 Å². The van der Waals surface area contributed by atoms with Crippen molar-refractivity contribution in [2.45, 2.75) is 57.8 Å². The highest BCUT2D eigenvalue weighted by Gasteiger charge is 2.40. The maximum Gasteiger partial charge on any atom is 0.135 e. The van der Waals surface area contributed by atoms with Gasteiger partial charge in [0.1, 0.15) is 44.7 Å². The zero-order chi connectivity index (χ0) is 74.2. The highest BCUT2D eigenvalue weighted by Crippen LogP contribution is 2.56. The summed E-state index contributed by atoms with van der Waals surface area (Å²) in [5, 5.41) is 9.06. The number of para-hydroxylation sites is 4. The van der Waals surface area contributed by atoms with E-state index >= 15 is 0 Å². The molecule has 0 atom stereocenters. The van der Waals surface area contributed by atoms with Crippen LogP contribution in [-0.2, 0) is 16.2 Å². The van der Waals surface area contributed by atoms with E-state index in [1.165, 1.54) is 100 Å². The number of nitrogens with zero attached hydrogens (tertiary/aromatic N) is 2. The summed E-state index contributed by atoms with van der Waals surface area (Å²) in [5.74, 6) is 0. The molecule has 0 saturated heterocycles. The van der Waals surface area contributed by atoms with Gasteiger partial charge in [0.05, 0.1) is 0 Å². The minimum atomic E-state index is -0.221. The number of anilines is 6. The number of benzene rings is 16. The first-order chi connectivity index (χ1) is 54.2. The average Bonchev–Trinajstić information content (AvgIpc) is 1.57. The van der Waals surface area contributed by atoms with Crippen molar-refractivity contribution in [1.82, 2.24) is 0 Å². The molecule has 23 rings (SSSR count). The minimum absolute atomic E-state index is 0.105. The molecule has 3 aliphatic rings. The Morgan fingerprint density at radius 1 is 0.171 bits per heavy atom. The second-order valence-electron chi connectivity index (χ2n) is 31.9. The van der Waals surface area contributed by atoms with Gasteiger partial charge in [0.25, 0.3) is 0 Å². The van der Waals surface area contributed by atoms with Gasteiger partial charge in [-0.15, -0.1) is 0 Å². The van der Waals surface area contributed by atoms with Crippen molar-refractivity contribution in [3.8, 4) is 66.8 Å². The van der Waals surface area contributed by atoms with Gasteiger partial charge >= 0.3 is 0 Å². The molecule has 20 aromatic rings. The molecule has 0 fully saturated rings. The SMILES string of the molecule is CC1(C)c2ccccc2-c2ccc(N(c3ccc(-c4ccc(-c5ccc6oc7ccccc7c6c5)cc4)cc3)c3ccc4oc5ccccc5c4c3)cc21.CC1(C)c2ccccc2-c2ccc(N(c3ccc4c(c3)C(C)(C)c3cc(-c5ccc6oc7ccccc7c6c5)ccc3-4)c3ccc4oc5ccccc5c4c3)cc21. The van der Waals surface area contributed by atoms with E-state index < -0.39 is 0 Å². The Labute approximate surface area is 642 Å². The van der Waals surface area contributed by atoms with Gasteiger partial charge in [-0.1, -0.05) is 242 Å². The molecule has 16 aromatic carbocycles. The summed E-state index contributed by atoms with van der Waals surface area (Å²) < 4.78 is 24.8. The van der Waals surface area contributed by atoms with E-state index in [4.69, 9.17) is 17.7 Å². The van der Waals surface area contributed by atoms with Gasteiger partial charge in [-0.25, -0.2) is 0 Å². The van der Waals surface area contributed by atoms with Crippen LogP contribution in [0.3, 0.4) is 0 Å². The van der Waals surface area contributed by atoms with Crippen molar-refractivity contribution in [1.29, 1.82) is 0 Å².